The third-order valence-electron chi connectivity index (χ3n) is 13.9. The molecular formula is C33H54O3. The van der Waals surface area contributed by atoms with Crippen LogP contribution in [0.5, 0.6) is 0 Å². The Hall–Kier alpha value is -0.830. The summed E-state index contributed by atoms with van der Waals surface area (Å²) in [5.41, 5.74) is 3.27. The SMILES string of the molecule is CC1(C)CC[C@]2(CCCC(=O)O)CC[C@]3(C)C(=CCC4[C@@]5(C)CC[C@H](O)C(C)(C)C5CC[C@]43C)C2C1. The fourth-order valence-electron chi connectivity index (χ4n) is 11.4. The fraction of sp³-hybridized carbons (Fsp3) is 0.909. The van der Waals surface area contributed by atoms with E-state index in [2.05, 4.69) is 54.5 Å². The van der Waals surface area contributed by atoms with Gasteiger partial charge in [0.15, 0.2) is 0 Å². The number of carboxylic acids is 1. The minimum Gasteiger partial charge on any atom is -0.481 e. The van der Waals surface area contributed by atoms with Crippen molar-refractivity contribution in [1.29, 1.82) is 0 Å². The summed E-state index contributed by atoms with van der Waals surface area (Å²) < 4.78 is 0. The average Bonchev–Trinajstić information content (AvgIpc) is 2.77. The molecule has 0 spiro atoms. The summed E-state index contributed by atoms with van der Waals surface area (Å²) in [6.45, 7) is 17.5. The summed E-state index contributed by atoms with van der Waals surface area (Å²) in [6.07, 6.45) is 17.0. The van der Waals surface area contributed by atoms with Crippen molar-refractivity contribution in [2.75, 3.05) is 0 Å². The number of aliphatic hydroxyl groups is 1. The Labute approximate surface area is 220 Å². The monoisotopic (exact) mass is 498 g/mol. The Morgan fingerprint density at radius 3 is 2.31 bits per heavy atom. The van der Waals surface area contributed by atoms with Crippen molar-refractivity contribution in [2.24, 2.45) is 50.2 Å². The number of aliphatic hydroxyl groups excluding tert-OH is 1. The van der Waals surface area contributed by atoms with E-state index < -0.39 is 5.97 Å². The third kappa shape index (κ3) is 3.64. The first-order valence-electron chi connectivity index (χ1n) is 15.2. The van der Waals surface area contributed by atoms with E-state index in [0.717, 1.165) is 25.7 Å². The van der Waals surface area contributed by atoms with Crippen LogP contribution in [0.1, 0.15) is 132 Å². The minimum absolute atomic E-state index is 0.00151. The molecule has 4 saturated carbocycles. The van der Waals surface area contributed by atoms with E-state index in [1.807, 2.05) is 0 Å². The Morgan fingerprint density at radius 2 is 1.61 bits per heavy atom. The lowest BCUT2D eigenvalue weighted by Crippen LogP contribution is -2.64. The van der Waals surface area contributed by atoms with E-state index >= 15 is 0 Å². The number of fused-ring (bicyclic) bond motifs is 7. The molecule has 2 N–H and O–H groups in total. The van der Waals surface area contributed by atoms with Gasteiger partial charge < -0.3 is 10.2 Å². The largest absolute Gasteiger partial charge is 0.481 e. The highest BCUT2D eigenvalue weighted by molar-refractivity contribution is 5.66. The van der Waals surface area contributed by atoms with Crippen LogP contribution >= 0.6 is 0 Å². The van der Waals surface area contributed by atoms with Crippen LogP contribution in [0, 0.1) is 50.2 Å². The summed E-state index contributed by atoms with van der Waals surface area (Å²) in [5, 5.41) is 20.3. The van der Waals surface area contributed by atoms with Gasteiger partial charge in [-0.2, -0.15) is 0 Å². The topological polar surface area (TPSA) is 57.5 Å². The summed E-state index contributed by atoms with van der Waals surface area (Å²) in [4.78, 5) is 11.4. The maximum absolute atomic E-state index is 11.4. The average molecular weight is 499 g/mol. The summed E-state index contributed by atoms with van der Waals surface area (Å²) in [7, 11) is 0. The highest BCUT2D eigenvalue weighted by atomic mass is 16.4. The summed E-state index contributed by atoms with van der Waals surface area (Å²) >= 11 is 0. The van der Waals surface area contributed by atoms with Gasteiger partial charge in [0, 0.05) is 6.42 Å². The van der Waals surface area contributed by atoms with Gasteiger partial charge in [-0.15, -0.1) is 0 Å². The molecule has 5 rings (SSSR count). The number of hydrogen-bond donors (Lipinski definition) is 2. The molecule has 8 atom stereocenters. The van der Waals surface area contributed by atoms with E-state index in [4.69, 9.17) is 0 Å². The summed E-state index contributed by atoms with van der Waals surface area (Å²) in [5.74, 6) is 1.25. The van der Waals surface area contributed by atoms with Crippen LogP contribution in [0.25, 0.3) is 0 Å². The van der Waals surface area contributed by atoms with Gasteiger partial charge in [0.1, 0.15) is 0 Å². The van der Waals surface area contributed by atoms with Crippen LogP contribution in [0.4, 0.5) is 0 Å². The van der Waals surface area contributed by atoms with Crippen molar-refractivity contribution in [1.82, 2.24) is 0 Å². The predicted octanol–water partition coefficient (Wildman–Crippen LogP) is 8.40. The molecule has 3 heteroatoms. The molecular weight excluding hydrogens is 444 g/mol. The van der Waals surface area contributed by atoms with Crippen molar-refractivity contribution in [2.45, 2.75) is 138 Å². The van der Waals surface area contributed by atoms with Crippen LogP contribution < -0.4 is 0 Å². The van der Waals surface area contributed by atoms with Gasteiger partial charge >= 0.3 is 5.97 Å². The molecule has 3 unspecified atom stereocenters. The van der Waals surface area contributed by atoms with Crippen LogP contribution in [0.2, 0.25) is 0 Å². The molecule has 0 aromatic carbocycles. The number of hydrogen-bond acceptors (Lipinski definition) is 2. The molecule has 0 aromatic heterocycles. The standard InChI is InChI=1S/C33H54O3/c1-28(2)17-19-33(14-8-9-27(35)36)20-18-31(6)22(23(33)21-28)10-11-25-30(5)15-13-26(34)29(3,4)24(30)12-16-32(25,31)7/h10,23-26,34H,8-9,11-21H2,1-7H3,(H,35,36)/t23?,24?,25?,26-,30-,31+,32+,33+/m0/s1. The lowest BCUT2D eigenvalue weighted by molar-refractivity contribution is -0.203. The Morgan fingerprint density at radius 1 is 0.917 bits per heavy atom. The van der Waals surface area contributed by atoms with Crippen LogP contribution in [0.15, 0.2) is 11.6 Å². The Bertz CT molecular complexity index is 931. The first-order chi connectivity index (χ1) is 16.6. The number of rotatable bonds is 4. The lowest BCUT2D eigenvalue weighted by atomic mass is 9.33. The lowest BCUT2D eigenvalue weighted by Gasteiger charge is -2.71. The van der Waals surface area contributed by atoms with Crippen molar-refractivity contribution < 1.29 is 15.0 Å². The van der Waals surface area contributed by atoms with Gasteiger partial charge in [-0.1, -0.05) is 60.1 Å². The summed E-state index contributed by atoms with van der Waals surface area (Å²) in [6, 6.07) is 0. The normalized spacial score (nSPS) is 49.1. The third-order valence-corrected chi connectivity index (χ3v) is 13.9. The zero-order valence-electron chi connectivity index (χ0n) is 24.4. The molecule has 5 aliphatic rings. The Balaban J connectivity index is 1.53. The molecule has 36 heavy (non-hydrogen) atoms. The molecule has 0 aliphatic heterocycles. The zero-order valence-corrected chi connectivity index (χ0v) is 24.4. The van der Waals surface area contributed by atoms with Crippen molar-refractivity contribution in [3.63, 3.8) is 0 Å². The highest BCUT2D eigenvalue weighted by Crippen LogP contribution is 2.76. The van der Waals surface area contributed by atoms with Crippen molar-refractivity contribution in [3.8, 4) is 0 Å². The first-order valence-corrected chi connectivity index (χ1v) is 15.2. The molecule has 0 amide bonds. The maximum atomic E-state index is 11.4. The van der Waals surface area contributed by atoms with Gasteiger partial charge in [0.2, 0.25) is 0 Å². The van der Waals surface area contributed by atoms with Crippen molar-refractivity contribution in [3.05, 3.63) is 11.6 Å². The molecule has 4 fully saturated rings. The van der Waals surface area contributed by atoms with E-state index in [1.165, 1.54) is 51.4 Å². The number of aliphatic carboxylic acids is 1. The van der Waals surface area contributed by atoms with Gasteiger partial charge in [0.05, 0.1) is 6.10 Å². The maximum Gasteiger partial charge on any atom is 0.303 e. The Kier molecular flexibility index (Phi) is 6.19. The number of carbonyl (C=O) groups is 1. The second-order valence-corrected chi connectivity index (χ2v) is 16.2. The van der Waals surface area contributed by atoms with Gasteiger partial charge in [0.25, 0.3) is 0 Å². The first kappa shape index (κ1) is 26.8. The quantitative estimate of drug-likeness (QED) is 0.383. The highest BCUT2D eigenvalue weighted by Gasteiger charge is 2.68. The zero-order chi connectivity index (χ0) is 26.4. The molecule has 5 aliphatic carbocycles. The second kappa shape index (κ2) is 8.33. The number of allylic oxidation sites excluding steroid dienone is 2. The van der Waals surface area contributed by atoms with Gasteiger partial charge in [-0.3, -0.25) is 4.79 Å². The van der Waals surface area contributed by atoms with E-state index in [1.54, 1.807) is 5.57 Å². The van der Waals surface area contributed by atoms with Gasteiger partial charge in [-0.05, 0) is 127 Å². The molecule has 3 nitrogen and oxygen atoms in total. The van der Waals surface area contributed by atoms with Crippen LogP contribution in [-0.4, -0.2) is 22.3 Å². The van der Waals surface area contributed by atoms with Crippen LogP contribution in [-0.2, 0) is 4.79 Å². The fourth-order valence-corrected chi connectivity index (χ4v) is 11.4. The predicted molar refractivity (Wildman–Crippen MR) is 147 cm³/mol. The van der Waals surface area contributed by atoms with Gasteiger partial charge in [-0.25, -0.2) is 0 Å². The van der Waals surface area contributed by atoms with E-state index in [9.17, 15) is 15.0 Å². The molecule has 0 saturated heterocycles. The smallest absolute Gasteiger partial charge is 0.303 e. The van der Waals surface area contributed by atoms with Crippen LogP contribution in [0.3, 0.4) is 0 Å². The second-order valence-electron chi connectivity index (χ2n) is 16.2. The molecule has 204 valence electrons. The minimum atomic E-state index is -0.641. The molecule has 0 radical (unpaired) electrons. The molecule has 0 bridgehead atoms. The number of carboxylic acid groups (broad SMARTS) is 1. The van der Waals surface area contributed by atoms with E-state index in [0.29, 0.717) is 45.8 Å². The van der Waals surface area contributed by atoms with E-state index in [-0.39, 0.29) is 16.9 Å². The van der Waals surface area contributed by atoms with Crippen molar-refractivity contribution >= 4 is 5.97 Å². The molecule has 0 aromatic rings. The molecule has 0 heterocycles.